The molecular formula is C8H12N2O2S. The lowest BCUT2D eigenvalue weighted by molar-refractivity contribution is 0.525. The molecule has 0 bridgehead atoms. The summed E-state index contributed by atoms with van der Waals surface area (Å²) in [6.07, 6.45) is 8.26. The second-order valence-electron chi connectivity index (χ2n) is 2.71. The molecule has 1 aliphatic heterocycles. The molecule has 0 radical (unpaired) electrons. The van der Waals surface area contributed by atoms with Gasteiger partial charge in [0.2, 0.25) is 0 Å². The largest absolute Gasteiger partial charge is 0.351 e. The second-order valence-corrected chi connectivity index (χ2v) is 4.83. The maximum atomic E-state index is 11.6. The van der Waals surface area contributed by atoms with E-state index in [-0.39, 0.29) is 5.03 Å². The summed E-state index contributed by atoms with van der Waals surface area (Å²) in [7, 11) is -0.350. The molecule has 72 valence electrons. The molecule has 0 aromatic carbocycles. The number of allylic oxidation sites excluding steroid dienone is 4. The Morgan fingerprint density at radius 1 is 1.23 bits per heavy atom. The van der Waals surface area contributed by atoms with Gasteiger partial charge in [-0.25, -0.2) is 12.7 Å². The third-order valence-corrected chi connectivity index (χ3v) is 3.32. The van der Waals surface area contributed by atoms with E-state index < -0.39 is 10.0 Å². The fourth-order valence-corrected chi connectivity index (χ4v) is 1.66. The molecule has 5 heteroatoms. The van der Waals surface area contributed by atoms with Gasteiger partial charge in [0.05, 0.1) is 0 Å². The molecule has 0 spiro atoms. The molecule has 4 nitrogen and oxygen atoms in total. The minimum atomic E-state index is -3.34. The van der Waals surface area contributed by atoms with Crippen LogP contribution in [0.3, 0.4) is 0 Å². The average Bonchev–Trinajstić information content (AvgIpc) is 2.31. The summed E-state index contributed by atoms with van der Waals surface area (Å²) in [6, 6.07) is 0. The summed E-state index contributed by atoms with van der Waals surface area (Å²) in [5.41, 5.74) is 0. The Morgan fingerprint density at radius 2 is 1.92 bits per heavy atom. The van der Waals surface area contributed by atoms with Crippen molar-refractivity contribution in [3.63, 3.8) is 0 Å². The highest BCUT2D eigenvalue weighted by molar-refractivity contribution is 7.92. The predicted octanol–water partition coefficient (Wildman–Crippen LogP) is 0.392. The van der Waals surface area contributed by atoms with Gasteiger partial charge in [0.1, 0.15) is 5.03 Å². The van der Waals surface area contributed by atoms with Gasteiger partial charge in [-0.1, -0.05) is 12.2 Å². The molecule has 0 amide bonds. The highest BCUT2D eigenvalue weighted by Gasteiger charge is 2.18. The van der Waals surface area contributed by atoms with Crippen molar-refractivity contribution in [2.24, 2.45) is 0 Å². The van der Waals surface area contributed by atoms with E-state index in [1.54, 1.807) is 24.4 Å². The van der Waals surface area contributed by atoms with Crippen molar-refractivity contribution < 1.29 is 8.42 Å². The highest BCUT2D eigenvalue weighted by atomic mass is 32.2. The van der Waals surface area contributed by atoms with Crippen LogP contribution in [-0.4, -0.2) is 26.8 Å². The first-order chi connectivity index (χ1) is 6.05. The zero-order valence-corrected chi connectivity index (χ0v) is 8.38. The molecule has 0 aromatic rings. The Morgan fingerprint density at radius 3 is 2.54 bits per heavy atom. The topological polar surface area (TPSA) is 49.4 Å². The molecule has 0 aliphatic carbocycles. The Balaban J connectivity index is 3.02. The zero-order valence-electron chi connectivity index (χ0n) is 7.56. The van der Waals surface area contributed by atoms with Crippen LogP contribution in [0.25, 0.3) is 0 Å². The molecule has 13 heavy (non-hydrogen) atoms. The number of nitrogens with one attached hydrogen (secondary N) is 1. The quantitative estimate of drug-likeness (QED) is 0.701. The number of nitrogens with zero attached hydrogens (tertiary/aromatic N) is 1. The molecule has 1 N–H and O–H groups in total. The van der Waals surface area contributed by atoms with Gasteiger partial charge in [-0.15, -0.1) is 0 Å². The number of hydrogen-bond acceptors (Lipinski definition) is 3. The van der Waals surface area contributed by atoms with Gasteiger partial charge < -0.3 is 5.32 Å². The Kier molecular flexibility index (Phi) is 2.90. The van der Waals surface area contributed by atoms with E-state index in [9.17, 15) is 8.42 Å². The van der Waals surface area contributed by atoms with E-state index in [2.05, 4.69) is 5.32 Å². The monoisotopic (exact) mass is 200 g/mol. The molecule has 1 aliphatic rings. The maximum Gasteiger partial charge on any atom is 0.257 e. The van der Waals surface area contributed by atoms with Crippen LogP contribution in [0, 0.1) is 0 Å². The lowest BCUT2D eigenvalue weighted by Crippen LogP contribution is -2.28. The standard InChI is InChI=1S/C8H12N2O2S/c1-10(2)13(11,12)8-6-4-3-5-7-9-8/h3-7,9H,1-2H3. The zero-order chi connectivity index (χ0) is 9.90. The van der Waals surface area contributed by atoms with Crippen molar-refractivity contribution in [1.82, 2.24) is 9.62 Å². The Bertz CT molecular complexity index is 364. The van der Waals surface area contributed by atoms with Crippen LogP contribution in [0.15, 0.2) is 35.5 Å². The number of hydrogen-bond donors (Lipinski definition) is 1. The summed E-state index contributed by atoms with van der Waals surface area (Å²) in [6.45, 7) is 0. The molecule has 0 saturated heterocycles. The van der Waals surface area contributed by atoms with Gasteiger partial charge in [-0.3, -0.25) is 0 Å². The van der Waals surface area contributed by atoms with Gasteiger partial charge in [0.25, 0.3) is 10.0 Å². The predicted molar refractivity (Wildman–Crippen MR) is 52.1 cm³/mol. The van der Waals surface area contributed by atoms with Crippen molar-refractivity contribution >= 4 is 10.0 Å². The maximum absolute atomic E-state index is 11.6. The molecule has 0 atom stereocenters. The summed E-state index contributed by atoms with van der Waals surface area (Å²) < 4.78 is 24.3. The Labute approximate surface area is 78.3 Å². The third kappa shape index (κ3) is 2.19. The Hall–Kier alpha value is -1.07. The molecule has 0 unspecified atom stereocenters. The van der Waals surface area contributed by atoms with Gasteiger partial charge in [-0.2, -0.15) is 0 Å². The first-order valence-corrected chi connectivity index (χ1v) is 5.22. The SMILES string of the molecule is CN(C)S(=O)(=O)C1=CC=CC=CN1. The van der Waals surface area contributed by atoms with Crippen molar-refractivity contribution in [3.05, 3.63) is 35.5 Å². The van der Waals surface area contributed by atoms with E-state index in [4.69, 9.17) is 0 Å². The van der Waals surface area contributed by atoms with Gasteiger partial charge in [-0.05, 0) is 12.2 Å². The van der Waals surface area contributed by atoms with Crippen molar-refractivity contribution in [2.45, 2.75) is 0 Å². The average molecular weight is 200 g/mol. The molecule has 0 saturated carbocycles. The van der Waals surface area contributed by atoms with Crippen molar-refractivity contribution in [1.29, 1.82) is 0 Å². The van der Waals surface area contributed by atoms with Crippen LogP contribution >= 0.6 is 0 Å². The molecule has 1 heterocycles. The van der Waals surface area contributed by atoms with E-state index in [1.165, 1.54) is 24.5 Å². The lowest BCUT2D eigenvalue weighted by atomic mass is 10.5. The summed E-state index contributed by atoms with van der Waals surface area (Å²) in [5.74, 6) is 0. The highest BCUT2D eigenvalue weighted by Crippen LogP contribution is 2.08. The van der Waals surface area contributed by atoms with Crippen LogP contribution in [0.2, 0.25) is 0 Å². The molecule has 1 rings (SSSR count). The van der Waals surface area contributed by atoms with E-state index in [0.717, 1.165) is 0 Å². The van der Waals surface area contributed by atoms with Crippen molar-refractivity contribution in [3.8, 4) is 0 Å². The van der Waals surface area contributed by atoms with Crippen LogP contribution in [0.5, 0.6) is 0 Å². The molecule has 0 aromatic heterocycles. The van der Waals surface area contributed by atoms with Crippen LogP contribution in [0.1, 0.15) is 0 Å². The van der Waals surface area contributed by atoms with Gasteiger partial charge in [0.15, 0.2) is 0 Å². The summed E-state index contributed by atoms with van der Waals surface area (Å²) >= 11 is 0. The van der Waals surface area contributed by atoms with Gasteiger partial charge in [0, 0.05) is 20.3 Å². The van der Waals surface area contributed by atoms with Gasteiger partial charge >= 0.3 is 0 Å². The minimum Gasteiger partial charge on any atom is -0.351 e. The van der Waals surface area contributed by atoms with Crippen molar-refractivity contribution in [2.75, 3.05) is 14.1 Å². The lowest BCUT2D eigenvalue weighted by Gasteiger charge is -2.13. The fourth-order valence-electron chi connectivity index (χ4n) is 0.798. The first kappa shape index (κ1) is 10.0. The van der Waals surface area contributed by atoms with Crippen LogP contribution in [-0.2, 0) is 10.0 Å². The minimum absolute atomic E-state index is 0.183. The normalized spacial score (nSPS) is 16.7. The number of sulfonamides is 1. The van der Waals surface area contributed by atoms with Crippen LogP contribution < -0.4 is 5.32 Å². The molecular weight excluding hydrogens is 188 g/mol. The van der Waals surface area contributed by atoms with Crippen LogP contribution in [0.4, 0.5) is 0 Å². The molecule has 0 fully saturated rings. The summed E-state index contributed by atoms with van der Waals surface area (Å²) in [4.78, 5) is 0. The summed E-state index contributed by atoms with van der Waals surface area (Å²) in [5, 5.41) is 2.87. The van der Waals surface area contributed by atoms with E-state index in [1.807, 2.05) is 0 Å². The first-order valence-electron chi connectivity index (χ1n) is 3.78. The van der Waals surface area contributed by atoms with E-state index in [0.29, 0.717) is 0 Å². The van der Waals surface area contributed by atoms with E-state index >= 15 is 0 Å². The number of rotatable bonds is 2. The smallest absolute Gasteiger partial charge is 0.257 e. The third-order valence-electron chi connectivity index (χ3n) is 1.55. The fraction of sp³-hybridized carbons (Fsp3) is 0.250. The second kappa shape index (κ2) is 3.76.